The number of methoxy groups -OCH3 is 2. The van der Waals surface area contributed by atoms with Crippen LogP contribution in [0.15, 0.2) is 58.2 Å². The molecular formula is C33H52O4. The summed E-state index contributed by atoms with van der Waals surface area (Å²) in [5.41, 5.74) is 4.78. The summed E-state index contributed by atoms with van der Waals surface area (Å²) in [7, 11) is 2.71. The number of carbonyl (C=O) groups is 2. The zero-order chi connectivity index (χ0) is 28.2. The fraction of sp³-hybridized carbons (Fsp3) is 0.636. The van der Waals surface area contributed by atoms with E-state index in [-0.39, 0.29) is 5.92 Å². The molecule has 0 radical (unpaired) electrons. The molecule has 1 fully saturated rings. The Morgan fingerprint density at radius 3 is 1.49 bits per heavy atom. The first-order valence-corrected chi connectivity index (χ1v) is 13.8. The van der Waals surface area contributed by atoms with Crippen molar-refractivity contribution in [1.29, 1.82) is 0 Å². The van der Waals surface area contributed by atoms with Crippen molar-refractivity contribution in [3.63, 3.8) is 0 Å². The maximum Gasteiger partial charge on any atom is 0.324 e. The van der Waals surface area contributed by atoms with Crippen LogP contribution in [-0.2, 0) is 19.1 Å². The molecule has 0 bridgehead atoms. The maximum atomic E-state index is 13.1. The summed E-state index contributed by atoms with van der Waals surface area (Å²) in [6, 6.07) is 0. The van der Waals surface area contributed by atoms with Gasteiger partial charge in [-0.15, -0.1) is 0 Å². The van der Waals surface area contributed by atoms with Gasteiger partial charge in [-0.05, 0) is 99.8 Å². The quantitative estimate of drug-likeness (QED) is 0.125. The van der Waals surface area contributed by atoms with Crippen molar-refractivity contribution in [3.8, 4) is 0 Å². The molecule has 208 valence electrons. The van der Waals surface area contributed by atoms with Crippen molar-refractivity contribution in [3.05, 3.63) is 58.2 Å². The van der Waals surface area contributed by atoms with E-state index < -0.39 is 22.8 Å². The maximum absolute atomic E-state index is 13.1. The smallest absolute Gasteiger partial charge is 0.324 e. The second-order valence-electron chi connectivity index (χ2n) is 11.5. The van der Waals surface area contributed by atoms with Gasteiger partial charge < -0.3 is 9.47 Å². The van der Waals surface area contributed by atoms with Crippen LogP contribution in [-0.4, -0.2) is 26.2 Å². The number of rotatable bonds is 15. The predicted octanol–water partition coefficient (Wildman–Crippen LogP) is 8.85. The van der Waals surface area contributed by atoms with Crippen molar-refractivity contribution < 1.29 is 19.1 Å². The zero-order valence-electron chi connectivity index (χ0n) is 25.3. The molecule has 0 aromatic carbocycles. The highest BCUT2D eigenvalue weighted by Gasteiger charge is 2.82. The Kier molecular flexibility index (Phi) is 13.4. The molecule has 0 N–H and O–H groups in total. The number of hydrogen-bond acceptors (Lipinski definition) is 4. The highest BCUT2D eigenvalue weighted by Crippen LogP contribution is 2.73. The van der Waals surface area contributed by atoms with E-state index in [1.54, 1.807) is 0 Å². The summed E-state index contributed by atoms with van der Waals surface area (Å²) in [5.74, 6) is -1.22. The Morgan fingerprint density at radius 1 is 0.649 bits per heavy atom. The third kappa shape index (κ3) is 8.86. The fourth-order valence-electron chi connectivity index (χ4n) is 5.42. The average molecular weight is 513 g/mol. The van der Waals surface area contributed by atoms with Crippen LogP contribution < -0.4 is 0 Å². The molecule has 1 saturated carbocycles. The zero-order valence-corrected chi connectivity index (χ0v) is 25.3. The molecule has 0 spiro atoms. The van der Waals surface area contributed by atoms with Gasteiger partial charge in [-0.2, -0.15) is 0 Å². The number of allylic oxidation sites excluding steroid dienone is 10. The van der Waals surface area contributed by atoms with E-state index in [2.05, 4.69) is 78.8 Å². The summed E-state index contributed by atoms with van der Waals surface area (Å²) >= 11 is 0. The van der Waals surface area contributed by atoms with Crippen LogP contribution in [0.25, 0.3) is 0 Å². The van der Waals surface area contributed by atoms with Gasteiger partial charge in [0.05, 0.1) is 14.2 Å². The van der Waals surface area contributed by atoms with Gasteiger partial charge in [-0.1, -0.05) is 65.2 Å². The number of ether oxygens (including phenoxy) is 2. The lowest BCUT2D eigenvalue weighted by Crippen LogP contribution is -2.34. The van der Waals surface area contributed by atoms with E-state index in [1.165, 1.54) is 42.1 Å². The number of hydrogen-bond donors (Lipinski definition) is 0. The molecule has 0 aliphatic heterocycles. The Hall–Kier alpha value is -2.36. The van der Waals surface area contributed by atoms with E-state index in [0.717, 1.165) is 51.4 Å². The van der Waals surface area contributed by atoms with Crippen LogP contribution in [0.4, 0.5) is 0 Å². The molecule has 0 unspecified atom stereocenters. The Labute approximate surface area is 227 Å². The number of esters is 2. The third-order valence-corrected chi connectivity index (χ3v) is 7.81. The minimum Gasteiger partial charge on any atom is -0.468 e. The predicted molar refractivity (Wildman–Crippen MR) is 155 cm³/mol. The van der Waals surface area contributed by atoms with Crippen molar-refractivity contribution >= 4 is 11.9 Å². The van der Waals surface area contributed by atoms with E-state index >= 15 is 0 Å². The summed E-state index contributed by atoms with van der Waals surface area (Å²) in [4.78, 5) is 26.1. The molecule has 1 aliphatic rings. The van der Waals surface area contributed by atoms with Gasteiger partial charge in [0.2, 0.25) is 0 Å². The molecular weight excluding hydrogens is 460 g/mol. The topological polar surface area (TPSA) is 52.6 Å². The van der Waals surface area contributed by atoms with Gasteiger partial charge in [-0.3, -0.25) is 9.59 Å². The summed E-state index contributed by atoms with van der Waals surface area (Å²) < 4.78 is 10.3. The molecule has 0 saturated heterocycles. The lowest BCUT2D eigenvalue weighted by atomic mass is 9.89. The molecule has 4 nitrogen and oxygen atoms in total. The Bertz CT molecular complexity index is 919. The van der Waals surface area contributed by atoms with Gasteiger partial charge >= 0.3 is 11.9 Å². The van der Waals surface area contributed by atoms with Crippen molar-refractivity contribution in [1.82, 2.24) is 0 Å². The van der Waals surface area contributed by atoms with E-state index in [0.29, 0.717) is 0 Å². The van der Waals surface area contributed by atoms with Crippen molar-refractivity contribution in [2.24, 2.45) is 16.7 Å². The summed E-state index contributed by atoms with van der Waals surface area (Å²) in [5, 5.41) is 0. The highest BCUT2D eigenvalue weighted by atomic mass is 16.5. The first kappa shape index (κ1) is 32.7. The van der Waals surface area contributed by atoms with Gasteiger partial charge in [-0.25, -0.2) is 0 Å². The lowest BCUT2D eigenvalue weighted by Gasteiger charge is -2.17. The van der Waals surface area contributed by atoms with E-state index in [9.17, 15) is 9.59 Å². The molecule has 1 aliphatic carbocycles. The standard InChI is InChI=1S/C33H52O4/c1-24(2)15-11-17-26(5)19-13-20-28(7)23-29-32(8,33(29,30(34)36-9)31(35)37-10)22-14-21-27(6)18-12-16-25(3)4/h15-16,19,21,23,29H,11-14,17-18,20,22H2,1-10H3/b26-19+,27-21+,28-23+/t29-,32-/m0/s1. The SMILES string of the molecule is COC(=O)C1(C(=O)OC)[C@@H](/C=C(\C)CC/C=C(\C)CCC=C(C)C)[C@]1(C)CC/C=C(\C)CCC=C(C)C. The molecule has 1 rings (SSSR count). The van der Waals surface area contributed by atoms with Crippen LogP contribution in [0, 0.1) is 16.7 Å². The minimum atomic E-state index is -1.28. The monoisotopic (exact) mass is 512 g/mol. The number of carbonyl (C=O) groups excluding carboxylic acids is 2. The normalized spacial score (nSPS) is 21.2. The second kappa shape index (κ2) is 15.1. The molecule has 37 heavy (non-hydrogen) atoms. The molecule has 0 amide bonds. The molecule has 0 aromatic rings. The van der Waals surface area contributed by atoms with Crippen molar-refractivity contribution in [2.75, 3.05) is 14.2 Å². The minimum absolute atomic E-state index is 0.234. The largest absolute Gasteiger partial charge is 0.468 e. The van der Waals surface area contributed by atoms with E-state index in [4.69, 9.17) is 9.47 Å². The van der Waals surface area contributed by atoms with Gasteiger partial charge in [0.25, 0.3) is 0 Å². The second-order valence-corrected chi connectivity index (χ2v) is 11.5. The van der Waals surface area contributed by atoms with Gasteiger partial charge in [0.15, 0.2) is 5.41 Å². The van der Waals surface area contributed by atoms with Crippen LogP contribution in [0.2, 0.25) is 0 Å². The first-order chi connectivity index (χ1) is 17.4. The molecule has 2 atom stereocenters. The van der Waals surface area contributed by atoms with Crippen LogP contribution in [0.5, 0.6) is 0 Å². The van der Waals surface area contributed by atoms with Crippen LogP contribution in [0.3, 0.4) is 0 Å². The van der Waals surface area contributed by atoms with Crippen molar-refractivity contribution in [2.45, 2.75) is 107 Å². The highest BCUT2D eigenvalue weighted by molar-refractivity contribution is 6.06. The third-order valence-electron chi connectivity index (χ3n) is 7.81. The van der Waals surface area contributed by atoms with Gasteiger partial charge in [0.1, 0.15) is 0 Å². The first-order valence-electron chi connectivity index (χ1n) is 13.8. The van der Waals surface area contributed by atoms with Crippen LogP contribution in [0.1, 0.15) is 107 Å². The molecule has 4 heteroatoms. The van der Waals surface area contributed by atoms with Crippen LogP contribution >= 0.6 is 0 Å². The lowest BCUT2D eigenvalue weighted by molar-refractivity contribution is -0.164. The Morgan fingerprint density at radius 2 is 1.05 bits per heavy atom. The fourth-order valence-corrected chi connectivity index (χ4v) is 5.42. The Balaban J connectivity index is 3.03. The molecule has 0 heterocycles. The van der Waals surface area contributed by atoms with Gasteiger partial charge in [0, 0.05) is 11.3 Å². The molecule has 0 aromatic heterocycles. The summed E-state index contributed by atoms with van der Waals surface area (Å²) in [6.07, 6.45) is 18.8. The van der Waals surface area contributed by atoms with E-state index in [1.807, 2.05) is 6.92 Å². The summed E-state index contributed by atoms with van der Waals surface area (Å²) in [6.45, 7) is 17.0. The average Bonchev–Trinajstić information content (AvgIpc) is 3.34.